The Bertz CT molecular complexity index is 879. The summed E-state index contributed by atoms with van der Waals surface area (Å²) in [5.41, 5.74) is 3.32. The minimum absolute atomic E-state index is 0.0387. The fourth-order valence-electron chi connectivity index (χ4n) is 2.57. The summed E-state index contributed by atoms with van der Waals surface area (Å²) >= 11 is 3.17. The van der Waals surface area contributed by atoms with Crippen LogP contribution in [0.1, 0.15) is 45.1 Å². The highest BCUT2D eigenvalue weighted by atomic mass is 32.2. The van der Waals surface area contributed by atoms with Crippen LogP contribution in [0.2, 0.25) is 0 Å². The van der Waals surface area contributed by atoms with Crippen LogP contribution in [0.5, 0.6) is 0 Å². The molecule has 2 heterocycles. The molecule has 3 nitrogen and oxygen atoms in total. The van der Waals surface area contributed by atoms with Crippen molar-refractivity contribution in [1.82, 2.24) is 9.97 Å². The summed E-state index contributed by atoms with van der Waals surface area (Å²) in [4.78, 5) is 20.9. The number of thioether (sulfide) groups is 1. The van der Waals surface area contributed by atoms with Gasteiger partial charge in [-0.1, -0.05) is 63.2 Å². The monoisotopic (exact) mass is 358 g/mol. The molecule has 0 saturated heterocycles. The molecule has 0 aliphatic carbocycles. The third kappa shape index (κ3) is 3.57. The molecule has 5 heteroatoms. The van der Waals surface area contributed by atoms with E-state index in [0.29, 0.717) is 11.3 Å². The van der Waals surface area contributed by atoms with Gasteiger partial charge in [-0.2, -0.15) is 0 Å². The first-order valence-corrected chi connectivity index (χ1v) is 10.2. The Kier molecular flexibility index (Phi) is 5.41. The molecule has 0 amide bonds. The van der Waals surface area contributed by atoms with Crippen molar-refractivity contribution in [2.75, 3.05) is 5.75 Å². The molecule has 2 aromatic heterocycles. The van der Waals surface area contributed by atoms with Crippen LogP contribution in [-0.2, 0) is 0 Å². The summed E-state index contributed by atoms with van der Waals surface area (Å²) in [5, 5.41) is 3.47. The van der Waals surface area contributed by atoms with E-state index in [0.717, 1.165) is 39.7 Å². The highest BCUT2D eigenvalue weighted by Crippen LogP contribution is 2.32. The minimum Gasteiger partial charge on any atom is -0.301 e. The highest BCUT2D eigenvalue weighted by Gasteiger charge is 2.13. The number of nitrogens with one attached hydrogen (secondary N) is 1. The zero-order chi connectivity index (χ0) is 17.1. The maximum atomic E-state index is 12.6. The minimum atomic E-state index is -0.0387. The predicted molar refractivity (Wildman–Crippen MR) is 105 cm³/mol. The van der Waals surface area contributed by atoms with Gasteiger partial charge < -0.3 is 4.98 Å². The number of rotatable bonds is 6. The van der Waals surface area contributed by atoms with Crippen molar-refractivity contribution < 1.29 is 0 Å². The number of hydrogen-bond acceptors (Lipinski definition) is 4. The Morgan fingerprint density at radius 1 is 1.25 bits per heavy atom. The van der Waals surface area contributed by atoms with E-state index in [1.807, 2.05) is 5.38 Å². The van der Waals surface area contributed by atoms with Gasteiger partial charge in [-0.15, -0.1) is 11.3 Å². The molecule has 1 aromatic carbocycles. The Morgan fingerprint density at radius 2 is 2.00 bits per heavy atom. The van der Waals surface area contributed by atoms with Crippen LogP contribution < -0.4 is 5.56 Å². The fourth-order valence-corrected chi connectivity index (χ4v) is 4.52. The topological polar surface area (TPSA) is 45.8 Å². The van der Waals surface area contributed by atoms with Crippen molar-refractivity contribution in [3.63, 3.8) is 0 Å². The molecular formula is C19H22N2OS2. The molecule has 3 aromatic rings. The summed E-state index contributed by atoms with van der Waals surface area (Å²) in [7, 11) is 0. The van der Waals surface area contributed by atoms with E-state index in [4.69, 9.17) is 0 Å². The van der Waals surface area contributed by atoms with Crippen LogP contribution in [-0.4, -0.2) is 15.7 Å². The van der Waals surface area contributed by atoms with Gasteiger partial charge in [0.15, 0.2) is 5.16 Å². The largest absolute Gasteiger partial charge is 0.301 e. The summed E-state index contributed by atoms with van der Waals surface area (Å²) in [5.74, 6) is 1.49. The van der Waals surface area contributed by atoms with Gasteiger partial charge in [-0.3, -0.25) is 4.79 Å². The number of benzene rings is 1. The summed E-state index contributed by atoms with van der Waals surface area (Å²) in [6, 6.07) is 8.47. The average molecular weight is 359 g/mol. The van der Waals surface area contributed by atoms with E-state index in [-0.39, 0.29) is 5.56 Å². The molecule has 126 valence electrons. The SMILES string of the molecule is CCCCSc1nc2scc(-c3ccc(C(C)C)cc3)c2c(=O)[nH]1. The summed E-state index contributed by atoms with van der Waals surface area (Å²) < 4.78 is 0. The first kappa shape index (κ1) is 17.2. The van der Waals surface area contributed by atoms with Gasteiger partial charge in [0, 0.05) is 16.7 Å². The number of H-pyrrole nitrogens is 1. The van der Waals surface area contributed by atoms with Crippen molar-refractivity contribution in [1.29, 1.82) is 0 Å². The van der Waals surface area contributed by atoms with Gasteiger partial charge in [0.25, 0.3) is 5.56 Å². The zero-order valence-electron chi connectivity index (χ0n) is 14.3. The van der Waals surface area contributed by atoms with E-state index in [2.05, 4.69) is 55.0 Å². The second kappa shape index (κ2) is 7.53. The van der Waals surface area contributed by atoms with Crippen molar-refractivity contribution in [3.05, 3.63) is 45.6 Å². The zero-order valence-corrected chi connectivity index (χ0v) is 15.9. The number of fused-ring (bicyclic) bond motifs is 1. The van der Waals surface area contributed by atoms with Crippen LogP contribution in [0.15, 0.2) is 39.6 Å². The van der Waals surface area contributed by atoms with Crippen LogP contribution in [0, 0.1) is 0 Å². The van der Waals surface area contributed by atoms with Gasteiger partial charge in [0.2, 0.25) is 0 Å². The average Bonchev–Trinajstić information content (AvgIpc) is 3.00. The fraction of sp³-hybridized carbons (Fsp3) is 0.368. The maximum Gasteiger partial charge on any atom is 0.260 e. The normalized spacial score (nSPS) is 11.5. The lowest BCUT2D eigenvalue weighted by Crippen LogP contribution is -2.08. The predicted octanol–water partition coefficient (Wildman–Crippen LogP) is 5.67. The van der Waals surface area contributed by atoms with E-state index in [9.17, 15) is 4.79 Å². The number of aromatic amines is 1. The third-order valence-electron chi connectivity index (χ3n) is 4.05. The molecule has 3 rings (SSSR count). The lowest BCUT2D eigenvalue weighted by Gasteiger charge is -2.06. The van der Waals surface area contributed by atoms with Crippen LogP contribution in [0.4, 0.5) is 0 Å². The van der Waals surface area contributed by atoms with Crippen LogP contribution >= 0.6 is 23.1 Å². The smallest absolute Gasteiger partial charge is 0.260 e. The molecule has 0 unspecified atom stereocenters. The summed E-state index contributed by atoms with van der Waals surface area (Å²) in [6.45, 7) is 6.53. The number of aromatic nitrogens is 2. The molecule has 0 aliphatic heterocycles. The number of nitrogens with zero attached hydrogens (tertiary/aromatic N) is 1. The lowest BCUT2D eigenvalue weighted by atomic mass is 9.99. The van der Waals surface area contributed by atoms with E-state index >= 15 is 0 Å². The first-order valence-electron chi connectivity index (χ1n) is 8.34. The molecule has 0 saturated carbocycles. The molecule has 0 fully saturated rings. The molecule has 1 N–H and O–H groups in total. The summed E-state index contributed by atoms with van der Waals surface area (Å²) in [6.07, 6.45) is 2.28. The van der Waals surface area contributed by atoms with Crippen molar-refractivity contribution in [3.8, 4) is 11.1 Å². The Balaban J connectivity index is 1.96. The van der Waals surface area contributed by atoms with E-state index < -0.39 is 0 Å². The quantitative estimate of drug-likeness (QED) is 0.351. The molecular weight excluding hydrogens is 336 g/mol. The van der Waals surface area contributed by atoms with Crippen LogP contribution in [0.3, 0.4) is 0 Å². The Labute approximate surface area is 150 Å². The second-order valence-corrected chi connectivity index (χ2v) is 8.12. The number of unbranched alkanes of at least 4 members (excludes halogenated alkanes) is 1. The van der Waals surface area contributed by atoms with Crippen molar-refractivity contribution in [2.24, 2.45) is 0 Å². The Hall–Kier alpha value is -1.59. The molecule has 0 aliphatic rings. The molecule has 0 bridgehead atoms. The molecule has 0 radical (unpaired) electrons. The molecule has 0 atom stereocenters. The number of hydrogen-bond donors (Lipinski definition) is 1. The van der Waals surface area contributed by atoms with E-state index in [1.54, 1.807) is 23.1 Å². The Morgan fingerprint density at radius 3 is 2.67 bits per heavy atom. The van der Waals surface area contributed by atoms with Crippen molar-refractivity contribution >= 4 is 33.3 Å². The first-order chi connectivity index (χ1) is 11.6. The van der Waals surface area contributed by atoms with Gasteiger partial charge in [-0.05, 0) is 23.5 Å². The maximum absolute atomic E-state index is 12.6. The lowest BCUT2D eigenvalue weighted by molar-refractivity contribution is 0.867. The standard InChI is InChI=1S/C19H22N2OS2/c1-4-5-10-23-19-20-17(22)16-15(11-24-18(16)21-19)14-8-6-13(7-9-14)12(2)3/h6-9,11-12H,4-5,10H2,1-3H3,(H,20,21,22). The van der Waals surface area contributed by atoms with Crippen LogP contribution in [0.25, 0.3) is 21.3 Å². The van der Waals surface area contributed by atoms with Gasteiger partial charge in [-0.25, -0.2) is 4.98 Å². The third-order valence-corrected chi connectivity index (χ3v) is 5.88. The van der Waals surface area contributed by atoms with Gasteiger partial charge in [0.05, 0.1) is 5.39 Å². The van der Waals surface area contributed by atoms with Gasteiger partial charge in [0.1, 0.15) is 4.83 Å². The molecule has 0 spiro atoms. The second-order valence-electron chi connectivity index (χ2n) is 6.18. The molecule has 24 heavy (non-hydrogen) atoms. The van der Waals surface area contributed by atoms with Crippen molar-refractivity contribution in [2.45, 2.75) is 44.7 Å². The highest BCUT2D eigenvalue weighted by molar-refractivity contribution is 7.99. The number of thiophene rings is 1. The van der Waals surface area contributed by atoms with Gasteiger partial charge >= 0.3 is 0 Å². The van der Waals surface area contributed by atoms with E-state index in [1.165, 1.54) is 5.56 Å².